The maximum absolute atomic E-state index is 13.5. The van der Waals surface area contributed by atoms with Crippen molar-refractivity contribution in [1.82, 2.24) is 14.9 Å². The predicted molar refractivity (Wildman–Crippen MR) is 75.1 cm³/mol. The fourth-order valence-electron chi connectivity index (χ4n) is 2.25. The highest BCUT2D eigenvalue weighted by atomic mass is 19.1. The van der Waals surface area contributed by atoms with Crippen LogP contribution in [0.15, 0.2) is 24.5 Å². The van der Waals surface area contributed by atoms with Crippen LogP contribution in [-0.4, -0.2) is 16.1 Å². The van der Waals surface area contributed by atoms with Gasteiger partial charge in [0.25, 0.3) is 0 Å². The van der Waals surface area contributed by atoms with Crippen LogP contribution in [0.2, 0.25) is 0 Å². The number of benzene rings is 1. The average Bonchev–Trinajstić information content (AvgIpc) is 2.70. The number of nitrogens with zero attached hydrogens (tertiary/aromatic N) is 2. The van der Waals surface area contributed by atoms with E-state index in [2.05, 4.69) is 10.3 Å². The second-order valence-electron chi connectivity index (χ2n) is 4.77. The fourth-order valence-corrected chi connectivity index (χ4v) is 2.25. The summed E-state index contributed by atoms with van der Waals surface area (Å²) in [5.74, 6) is -0.210. The average molecular weight is 261 g/mol. The van der Waals surface area contributed by atoms with Crippen LogP contribution in [0.1, 0.15) is 36.8 Å². The van der Waals surface area contributed by atoms with Crippen molar-refractivity contribution in [2.24, 2.45) is 0 Å². The van der Waals surface area contributed by atoms with E-state index in [4.69, 9.17) is 0 Å². The molecule has 0 aliphatic heterocycles. The molecule has 1 unspecified atom stereocenters. The predicted octanol–water partition coefficient (Wildman–Crippen LogP) is 3.30. The monoisotopic (exact) mass is 261 g/mol. The molecule has 0 aliphatic rings. The molecule has 1 aromatic carbocycles. The number of rotatable bonds is 4. The van der Waals surface area contributed by atoms with E-state index < -0.39 is 0 Å². The van der Waals surface area contributed by atoms with Crippen LogP contribution in [0, 0.1) is 19.7 Å². The third kappa shape index (κ3) is 2.68. The Morgan fingerprint density at radius 2 is 2.11 bits per heavy atom. The molecule has 0 spiro atoms. The van der Waals surface area contributed by atoms with Gasteiger partial charge >= 0.3 is 0 Å². The molecular weight excluding hydrogens is 241 g/mol. The Balaban J connectivity index is 2.53. The lowest BCUT2D eigenvalue weighted by Gasteiger charge is -2.18. The fraction of sp³-hybridized carbons (Fsp3) is 0.400. The Bertz CT molecular complexity index is 575. The summed E-state index contributed by atoms with van der Waals surface area (Å²) in [6.07, 6.45) is 1.79. The molecule has 1 aromatic heterocycles. The van der Waals surface area contributed by atoms with Gasteiger partial charge in [0.05, 0.1) is 17.7 Å². The maximum atomic E-state index is 13.5. The number of imidazole rings is 1. The molecule has 0 bridgehead atoms. The lowest BCUT2D eigenvalue weighted by atomic mass is 10.1. The van der Waals surface area contributed by atoms with Gasteiger partial charge in [-0.15, -0.1) is 0 Å². The summed E-state index contributed by atoms with van der Waals surface area (Å²) in [6.45, 7) is 8.93. The van der Waals surface area contributed by atoms with Crippen LogP contribution >= 0.6 is 0 Å². The standard InChI is InChI=1S/C15H20FN3/c1-5-17-11(3)14-8-13(16)6-7-15(14)19-9-18-10(2)12(19)4/h6-9,11,17H,5H2,1-4H3. The number of nitrogens with one attached hydrogen (secondary N) is 1. The quantitative estimate of drug-likeness (QED) is 0.915. The van der Waals surface area contributed by atoms with E-state index in [-0.39, 0.29) is 11.9 Å². The highest BCUT2D eigenvalue weighted by Gasteiger charge is 2.14. The summed E-state index contributed by atoms with van der Waals surface area (Å²) in [5, 5.41) is 3.33. The van der Waals surface area contributed by atoms with Crippen molar-refractivity contribution in [1.29, 1.82) is 0 Å². The second-order valence-corrected chi connectivity index (χ2v) is 4.77. The zero-order valence-corrected chi connectivity index (χ0v) is 11.9. The Morgan fingerprint density at radius 3 is 2.68 bits per heavy atom. The summed E-state index contributed by atoms with van der Waals surface area (Å²) in [6, 6.07) is 4.99. The third-order valence-corrected chi connectivity index (χ3v) is 3.48. The molecule has 19 heavy (non-hydrogen) atoms. The first-order valence-corrected chi connectivity index (χ1v) is 6.58. The van der Waals surface area contributed by atoms with Gasteiger partial charge in [-0.2, -0.15) is 0 Å². The molecule has 2 aromatic rings. The van der Waals surface area contributed by atoms with Gasteiger partial charge in [0.2, 0.25) is 0 Å². The van der Waals surface area contributed by atoms with Crippen LogP contribution in [0.3, 0.4) is 0 Å². The Morgan fingerprint density at radius 1 is 1.37 bits per heavy atom. The van der Waals surface area contributed by atoms with Gasteiger partial charge in [-0.1, -0.05) is 6.92 Å². The molecule has 3 nitrogen and oxygen atoms in total. The van der Waals surface area contributed by atoms with Crippen molar-refractivity contribution in [3.63, 3.8) is 0 Å². The van der Waals surface area contributed by atoms with Crippen LogP contribution in [-0.2, 0) is 0 Å². The van der Waals surface area contributed by atoms with Crippen molar-refractivity contribution in [3.8, 4) is 5.69 Å². The van der Waals surface area contributed by atoms with Crippen molar-refractivity contribution in [3.05, 3.63) is 47.3 Å². The summed E-state index contributed by atoms with van der Waals surface area (Å²) in [4.78, 5) is 4.31. The van der Waals surface area contributed by atoms with Gasteiger partial charge in [0.15, 0.2) is 0 Å². The van der Waals surface area contributed by atoms with Crippen LogP contribution in [0.5, 0.6) is 0 Å². The van der Waals surface area contributed by atoms with Crippen molar-refractivity contribution in [2.75, 3.05) is 6.54 Å². The minimum absolute atomic E-state index is 0.0952. The number of halogens is 1. The van der Waals surface area contributed by atoms with Crippen molar-refractivity contribution < 1.29 is 4.39 Å². The first-order chi connectivity index (χ1) is 9.04. The topological polar surface area (TPSA) is 29.9 Å². The zero-order valence-electron chi connectivity index (χ0n) is 11.9. The van der Waals surface area contributed by atoms with Crippen molar-refractivity contribution >= 4 is 0 Å². The molecule has 0 radical (unpaired) electrons. The summed E-state index contributed by atoms with van der Waals surface area (Å²) in [7, 11) is 0. The Hall–Kier alpha value is -1.68. The smallest absolute Gasteiger partial charge is 0.123 e. The largest absolute Gasteiger partial charge is 0.310 e. The molecule has 1 atom stereocenters. The number of hydrogen-bond donors (Lipinski definition) is 1. The van der Waals surface area contributed by atoms with Gasteiger partial charge in [-0.05, 0) is 51.1 Å². The summed E-state index contributed by atoms with van der Waals surface area (Å²) < 4.78 is 15.5. The summed E-state index contributed by atoms with van der Waals surface area (Å²) >= 11 is 0. The van der Waals surface area contributed by atoms with Gasteiger partial charge in [-0.3, -0.25) is 0 Å². The molecule has 0 fully saturated rings. The molecule has 1 heterocycles. The molecule has 0 saturated heterocycles. The van der Waals surface area contributed by atoms with Gasteiger partial charge in [-0.25, -0.2) is 9.37 Å². The summed E-state index contributed by atoms with van der Waals surface area (Å²) in [5.41, 5.74) is 4.00. The number of aryl methyl sites for hydroxylation is 1. The molecule has 4 heteroatoms. The second kappa shape index (κ2) is 5.53. The van der Waals surface area contributed by atoms with E-state index >= 15 is 0 Å². The van der Waals surface area contributed by atoms with E-state index in [1.54, 1.807) is 12.4 Å². The number of hydrogen-bond acceptors (Lipinski definition) is 2. The molecule has 0 aliphatic carbocycles. The lowest BCUT2D eigenvalue weighted by Crippen LogP contribution is -2.19. The Kier molecular flexibility index (Phi) is 4.00. The van der Waals surface area contributed by atoms with Gasteiger partial charge in [0, 0.05) is 11.7 Å². The van der Waals surface area contributed by atoms with Crippen molar-refractivity contribution in [2.45, 2.75) is 33.7 Å². The van der Waals surface area contributed by atoms with Crippen LogP contribution in [0.4, 0.5) is 4.39 Å². The lowest BCUT2D eigenvalue weighted by molar-refractivity contribution is 0.580. The highest BCUT2D eigenvalue weighted by molar-refractivity contribution is 5.45. The third-order valence-electron chi connectivity index (χ3n) is 3.48. The van der Waals surface area contributed by atoms with E-state index in [1.807, 2.05) is 38.3 Å². The first kappa shape index (κ1) is 13.7. The minimum Gasteiger partial charge on any atom is -0.310 e. The normalized spacial score (nSPS) is 12.7. The molecular formula is C15H20FN3. The molecule has 1 N–H and O–H groups in total. The Labute approximate surface area is 113 Å². The SMILES string of the molecule is CCNC(C)c1cc(F)ccc1-n1cnc(C)c1C. The highest BCUT2D eigenvalue weighted by Crippen LogP contribution is 2.24. The molecule has 2 rings (SSSR count). The zero-order chi connectivity index (χ0) is 14.0. The molecule has 102 valence electrons. The minimum atomic E-state index is -0.210. The van der Waals surface area contributed by atoms with Crippen LogP contribution < -0.4 is 5.32 Å². The maximum Gasteiger partial charge on any atom is 0.123 e. The van der Waals surface area contributed by atoms with Crippen LogP contribution in [0.25, 0.3) is 5.69 Å². The van der Waals surface area contributed by atoms with E-state index in [9.17, 15) is 4.39 Å². The van der Waals surface area contributed by atoms with Gasteiger partial charge < -0.3 is 9.88 Å². The molecule has 0 saturated carbocycles. The van der Waals surface area contributed by atoms with E-state index in [0.29, 0.717) is 0 Å². The van der Waals surface area contributed by atoms with E-state index in [1.165, 1.54) is 6.07 Å². The molecule has 0 amide bonds. The van der Waals surface area contributed by atoms with Gasteiger partial charge in [0.1, 0.15) is 5.82 Å². The number of aromatic nitrogens is 2. The van der Waals surface area contributed by atoms with E-state index in [0.717, 1.165) is 29.2 Å². The first-order valence-electron chi connectivity index (χ1n) is 6.58.